The molecule has 2 saturated carbocycles. The molecule has 1 saturated heterocycles. The fourth-order valence-electron chi connectivity index (χ4n) is 7.65. The summed E-state index contributed by atoms with van der Waals surface area (Å²) in [5.41, 5.74) is 1.27. The summed E-state index contributed by atoms with van der Waals surface area (Å²) in [6.45, 7) is -0.00461. The molecule has 14 heteroatoms. The Morgan fingerprint density at radius 1 is 0.904 bits per heavy atom. The van der Waals surface area contributed by atoms with Gasteiger partial charge in [-0.25, -0.2) is 13.4 Å². The molecule has 3 aliphatic heterocycles. The Morgan fingerprint density at radius 2 is 1.69 bits per heavy atom. The van der Waals surface area contributed by atoms with Gasteiger partial charge in [0.05, 0.1) is 10.9 Å². The number of aromatic nitrogens is 1. The zero-order valence-corrected chi connectivity index (χ0v) is 30.0. The van der Waals surface area contributed by atoms with Gasteiger partial charge < -0.3 is 20.9 Å². The lowest BCUT2D eigenvalue weighted by molar-refractivity contribution is -0.142. The highest BCUT2D eigenvalue weighted by atomic mass is 32.2. The maximum absolute atomic E-state index is 14.4. The third kappa shape index (κ3) is 7.91. The zero-order valence-electron chi connectivity index (χ0n) is 29.1. The van der Waals surface area contributed by atoms with Crippen molar-refractivity contribution in [2.24, 2.45) is 5.92 Å². The van der Waals surface area contributed by atoms with Crippen LogP contribution in [0.2, 0.25) is 0 Å². The van der Waals surface area contributed by atoms with Gasteiger partial charge in [-0.05, 0) is 88.0 Å². The molecule has 5 aliphatic rings. The van der Waals surface area contributed by atoms with Crippen molar-refractivity contribution in [2.75, 3.05) is 6.54 Å². The summed E-state index contributed by atoms with van der Waals surface area (Å²) in [6.07, 6.45) is 10.8. The molecular weight excluding hydrogens is 685 g/mol. The van der Waals surface area contributed by atoms with E-state index < -0.39 is 68.5 Å². The minimum absolute atomic E-state index is 0.00461. The minimum Gasteiger partial charge on any atom is -0.346 e. The maximum atomic E-state index is 14.4. The van der Waals surface area contributed by atoms with Crippen LogP contribution in [0.25, 0.3) is 11.3 Å². The molecule has 13 nitrogen and oxygen atoms in total. The molecule has 276 valence electrons. The number of benzene rings is 1. The maximum Gasteiger partial charge on any atom is 0.270 e. The Morgan fingerprint density at radius 3 is 2.52 bits per heavy atom. The molecule has 0 spiro atoms. The van der Waals surface area contributed by atoms with E-state index in [9.17, 15) is 32.4 Å². The predicted octanol–water partition coefficient (Wildman–Crippen LogP) is 2.66. The highest BCUT2D eigenvalue weighted by molar-refractivity contribution is 7.91. The number of sulfonamides is 1. The molecule has 4 N–H and O–H groups in total. The van der Waals surface area contributed by atoms with E-state index in [0.717, 1.165) is 36.8 Å². The van der Waals surface area contributed by atoms with Gasteiger partial charge in [-0.3, -0.25) is 28.7 Å². The van der Waals surface area contributed by atoms with E-state index >= 15 is 0 Å². The fraction of sp³-hybridized carbons (Fsp3) is 0.526. The summed E-state index contributed by atoms with van der Waals surface area (Å²) in [5.74, 6) is -2.98. The summed E-state index contributed by atoms with van der Waals surface area (Å²) in [7, 11) is -3.88. The quantitative estimate of drug-likeness (QED) is 0.348. The van der Waals surface area contributed by atoms with E-state index in [2.05, 4.69) is 25.7 Å². The van der Waals surface area contributed by atoms with Gasteiger partial charge in [-0.15, -0.1) is 0 Å². The number of nitrogens with one attached hydrogen (secondary N) is 4. The van der Waals surface area contributed by atoms with Crippen LogP contribution in [0.1, 0.15) is 93.1 Å². The van der Waals surface area contributed by atoms with Gasteiger partial charge in [0, 0.05) is 30.5 Å². The monoisotopic (exact) mass is 730 g/mol. The number of pyridine rings is 1. The van der Waals surface area contributed by atoms with Gasteiger partial charge in [0.15, 0.2) is 0 Å². The van der Waals surface area contributed by atoms with Gasteiger partial charge >= 0.3 is 0 Å². The molecular formula is C38H46N6O7S. The molecule has 5 amide bonds. The van der Waals surface area contributed by atoms with Crippen molar-refractivity contribution in [3.8, 4) is 11.3 Å². The SMILES string of the molecule is O=C1CCCCc2cccc(c2)-c2cccc(n2)C(=O)N[C@@H]2C[C@H]3C(=O)N[C@]4(C(=O)NS(=O)(=O)C5CC5)C[C@H]4/C=C\CCCCC[C@H](N1)C(=O)N3C2. The van der Waals surface area contributed by atoms with Crippen LogP contribution in [0, 0.1) is 5.92 Å². The summed E-state index contributed by atoms with van der Waals surface area (Å²) >= 11 is 0. The molecule has 7 bridgehead atoms. The largest absolute Gasteiger partial charge is 0.346 e. The smallest absolute Gasteiger partial charge is 0.270 e. The van der Waals surface area contributed by atoms with Gasteiger partial charge in [-0.2, -0.15) is 0 Å². The highest BCUT2D eigenvalue weighted by Gasteiger charge is 2.62. The first-order valence-electron chi connectivity index (χ1n) is 18.5. The molecule has 0 radical (unpaired) electrons. The Balaban J connectivity index is 1.20. The second-order valence-electron chi connectivity index (χ2n) is 14.9. The Kier molecular flexibility index (Phi) is 10.2. The number of nitrogens with zero attached hydrogens (tertiary/aromatic N) is 2. The molecule has 5 atom stereocenters. The molecule has 7 rings (SSSR count). The van der Waals surface area contributed by atoms with Crippen molar-refractivity contribution >= 4 is 39.6 Å². The van der Waals surface area contributed by atoms with E-state index in [1.165, 1.54) is 4.90 Å². The number of hydrogen-bond donors (Lipinski definition) is 4. The van der Waals surface area contributed by atoms with Crippen LogP contribution < -0.4 is 20.7 Å². The number of hydrogen-bond acceptors (Lipinski definition) is 8. The van der Waals surface area contributed by atoms with E-state index in [1.54, 1.807) is 12.1 Å². The number of rotatable bonds is 3. The standard InChI is InChI=1S/C38H46N6O7S/c45-33-17-7-6-10-24-11-8-12-25(20-24)29-15-9-16-30(40-29)34(46)39-27-21-32-35(47)42-38(37(49)43-52(50,51)28-18-19-28)22-26(38)13-4-2-1-3-5-14-31(41-33)36(48)44(32)23-27/h4,8-9,11-13,15-16,20,26-28,31-32H,1-3,5-7,10,14,17-19,21-23H2,(H,39,46)(H,41,45)(H,42,47)(H,43,49)/b13-4-/t26-,27-,31+,32+,38-/m1/s1. The lowest BCUT2D eigenvalue weighted by atomic mass is 10.0. The normalized spacial score (nSPS) is 29.4. The Bertz CT molecular complexity index is 1890. The predicted molar refractivity (Wildman–Crippen MR) is 192 cm³/mol. The third-order valence-corrected chi connectivity index (χ3v) is 12.7. The first-order valence-corrected chi connectivity index (χ1v) is 20.1. The van der Waals surface area contributed by atoms with Crippen molar-refractivity contribution < 1.29 is 32.4 Å². The van der Waals surface area contributed by atoms with Gasteiger partial charge in [-0.1, -0.05) is 49.3 Å². The number of carbonyl (C=O) groups excluding carboxylic acids is 5. The molecule has 3 fully saturated rings. The van der Waals surface area contributed by atoms with Gasteiger partial charge in [0.25, 0.3) is 11.8 Å². The Hall–Kier alpha value is -4.59. The second kappa shape index (κ2) is 14.8. The first-order chi connectivity index (χ1) is 25.0. The highest BCUT2D eigenvalue weighted by Crippen LogP contribution is 2.46. The third-order valence-electron chi connectivity index (χ3n) is 10.9. The molecule has 52 heavy (non-hydrogen) atoms. The second-order valence-corrected chi connectivity index (χ2v) is 16.8. The number of carbonyl (C=O) groups is 5. The molecule has 4 heterocycles. The number of amides is 5. The van der Waals surface area contributed by atoms with Crippen molar-refractivity contribution in [3.63, 3.8) is 0 Å². The average molecular weight is 731 g/mol. The zero-order chi connectivity index (χ0) is 36.5. The van der Waals surface area contributed by atoms with Crippen LogP contribution in [0.15, 0.2) is 54.6 Å². The van der Waals surface area contributed by atoms with Crippen LogP contribution >= 0.6 is 0 Å². The van der Waals surface area contributed by atoms with Gasteiger partial charge in [0.1, 0.15) is 23.3 Å². The molecule has 2 aromatic rings. The van der Waals surface area contributed by atoms with E-state index in [4.69, 9.17) is 0 Å². The topological polar surface area (TPSA) is 184 Å². The lowest BCUT2D eigenvalue weighted by Crippen LogP contribution is -2.58. The van der Waals surface area contributed by atoms with E-state index in [0.29, 0.717) is 44.2 Å². The Labute approximate surface area is 303 Å². The molecule has 0 unspecified atom stereocenters. The van der Waals surface area contributed by atoms with Crippen LogP contribution in [0.4, 0.5) is 0 Å². The van der Waals surface area contributed by atoms with Crippen LogP contribution in [0.5, 0.6) is 0 Å². The average Bonchev–Trinajstić information content (AvgIpc) is 4.05. The fourth-order valence-corrected chi connectivity index (χ4v) is 9.02. The number of fused-ring (bicyclic) bond motifs is 8. The molecule has 2 aliphatic carbocycles. The van der Waals surface area contributed by atoms with Crippen molar-refractivity contribution in [3.05, 3.63) is 65.9 Å². The first kappa shape index (κ1) is 35.8. The molecule has 1 aromatic heterocycles. The van der Waals surface area contributed by atoms with Crippen LogP contribution in [-0.4, -0.2) is 83.3 Å². The van der Waals surface area contributed by atoms with Crippen LogP contribution in [0.3, 0.4) is 0 Å². The van der Waals surface area contributed by atoms with Crippen molar-refractivity contribution in [2.45, 2.75) is 112 Å². The van der Waals surface area contributed by atoms with Gasteiger partial charge in [0.2, 0.25) is 27.7 Å². The van der Waals surface area contributed by atoms with Crippen molar-refractivity contribution in [1.82, 2.24) is 30.6 Å². The summed E-state index contributed by atoms with van der Waals surface area (Å²) < 4.78 is 27.8. The number of aryl methyl sites for hydroxylation is 1. The van der Waals surface area contributed by atoms with E-state index in [-0.39, 0.29) is 37.4 Å². The summed E-state index contributed by atoms with van der Waals surface area (Å²) in [5, 5.41) is 8.16. The number of allylic oxidation sites excluding steroid dienone is 1. The van der Waals surface area contributed by atoms with Crippen molar-refractivity contribution in [1.29, 1.82) is 0 Å². The van der Waals surface area contributed by atoms with Crippen LogP contribution in [-0.2, 0) is 35.6 Å². The van der Waals surface area contributed by atoms with E-state index in [1.807, 2.05) is 42.5 Å². The summed E-state index contributed by atoms with van der Waals surface area (Å²) in [6, 6.07) is 10.5. The molecule has 1 aromatic carbocycles. The lowest BCUT2D eigenvalue weighted by Gasteiger charge is -2.30. The minimum atomic E-state index is -3.88. The summed E-state index contributed by atoms with van der Waals surface area (Å²) in [4.78, 5) is 75.2.